The molecule has 2 nitrogen and oxygen atoms in total. The lowest BCUT2D eigenvalue weighted by Crippen LogP contribution is -2.25. The highest BCUT2D eigenvalue weighted by Gasteiger charge is 2.20. The van der Waals surface area contributed by atoms with E-state index in [4.69, 9.17) is 17.0 Å². The number of nitrogens with zero attached hydrogens (tertiary/aromatic N) is 1. The van der Waals surface area contributed by atoms with E-state index in [1.807, 2.05) is 90.8 Å². The number of hydrogen-bond donors (Lipinski definition) is 0. The largest absolute Gasteiger partial charge is 0.494 e. The Bertz CT molecular complexity index is 889. The van der Waals surface area contributed by atoms with Gasteiger partial charge in [-0.25, -0.2) is 0 Å². The first-order valence-corrected chi connectivity index (χ1v) is 8.85. The maximum atomic E-state index is 5.84. The first-order chi connectivity index (χ1) is 12.7. The van der Waals surface area contributed by atoms with E-state index in [0.29, 0.717) is 0 Å². The first-order valence-electron chi connectivity index (χ1n) is 8.44. The summed E-state index contributed by atoms with van der Waals surface area (Å²) in [6.07, 6.45) is 0. The van der Waals surface area contributed by atoms with Gasteiger partial charge in [-0.15, -0.1) is 0 Å². The molecule has 3 aromatic rings. The number of benzene rings is 3. The topological polar surface area (TPSA) is 12.5 Å². The Morgan fingerprint density at radius 1 is 0.692 bits per heavy atom. The fourth-order valence-corrected chi connectivity index (χ4v) is 3.12. The van der Waals surface area contributed by atoms with Crippen LogP contribution in [-0.4, -0.2) is 24.0 Å². The van der Waals surface area contributed by atoms with Crippen LogP contribution in [-0.2, 0) is 4.74 Å². The van der Waals surface area contributed by atoms with Crippen molar-refractivity contribution >= 4 is 28.7 Å². The standard InChI is InChI=1S/C23H21NOS/c1-24(23(26)20-16-10-5-11-17-20)21(18-12-6-3-7-13-18)22(25-2)19-14-8-4-9-15-19/h3-17H,1-2H3/b22-21+. The summed E-state index contributed by atoms with van der Waals surface area (Å²) < 4.78 is 5.84. The van der Waals surface area contributed by atoms with E-state index in [1.165, 1.54) is 0 Å². The van der Waals surface area contributed by atoms with Crippen molar-refractivity contribution in [2.45, 2.75) is 0 Å². The Morgan fingerprint density at radius 3 is 1.58 bits per heavy atom. The van der Waals surface area contributed by atoms with Crippen molar-refractivity contribution in [3.63, 3.8) is 0 Å². The molecule has 0 atom stereocenters. The molecule has 3 rings (SSSR count). The van der Waals surface area contributed by atoms with Gasteiger partial charge in [-0.05, 0) is 0 Å². The molecule has 0 bridgehead atoms. The Hall–Kier alpha value is -2.91. The molecule has 0 saturated heterocycles. The molecule has 0 fully saturated rings. The molecule has 0 heterocycles. The zero-order chi connectivity index (χ0) is 18.4. The van der Waals surface area contributed by atoms with E-state index in [0.717, 1.165) is 33.1 Å². The normalized spacial score (nSPS) is 11.5. The molecule has 0 N–H and O–H groups in total. The molecule has 0 unspecified atom stereocenters. The fourth-order valence-electron chi connectivity index (χ4n) is 2.89. The van der Waals surface area contributed by atoms with Gasteiger partial charge in [-0.2, -0.15) is 0 Å². The third-order valence-electron chi connectivity index (χ3n) is 4.16. The average Bonchev–Trinajstić information content (AvgIpc) is 2.73. The molecule has 26 heavy (non-hydrogen) atoms. The highest BCUT2D eigenvalue weighted by molar-refractivity contribution is 7.80. The minimum absolute atomic E-state index is 0.745. The van der Waals surface area contributed by atoms with Crippen LogP contribution < -0.4 is 0 Å². The van der Waals surface area contributed by atoms with E-state index in [-0.39, 0.29) is 0 Å². The maximum absolute atomic E-state index is 5.84. The molecular weight excluding hydrogens is 338 g/mol. The summed E-state index contributed by atoms with van der Waals surface area (Å²) in [6, 6.07) is 30.3. The van der Waals surface area contributed by atoms with Gasteiger partial charge in [-0.3, -0.25) is 0 Å². The van der Waals surface area contributed by atoms with Gasteiger partial charge in [0.05, 0.1) is 12.8 Å². The monoisotopic (exact) mass is 359 g/mol. The van der Waals surface area contributed by atoms with Crippen molar-refractivity contribution in [2.24, 2.45) is 0 Å². The van der Waals surface area contributed by atoms with Gasteiger partial charge in [0.2, 0.25) is 0 Å². The van der Waals surface area contributed by atoms with Crippen LogP contribution in [0.1, 0.15) is 16.7 Å². The Balaban J connectivity index is 2.15. The van der Waals surface area contributed by atoms with Crippen LogP contribution in [0.25, 0.3) is 11.5 Å². The lowest BCUT2D eigenvalue weighted by atomic mass is 10.0. The number of hydrogen-bond acceptors (Lipinski definition) is 2. The Labute approximate surface area is 160 Å². The number of ether oxygens (including phenoxy) is 1. The minimum Gasteiger partial charge on any atom is -0.494 e. The predicted octanol–water partition coefficient (Wildman–Crippen LogP) is 5.47. The van der Waals surface area contributed by atoms with Crippen molar-refractivity contribution in [1.29, 1.82) is 0 Å². The molecule has 0 aromatic heterocycles. The van der Waals surface area contributed by atoms with Crippen molar-refractivity contribution in [3.05, 3.63) is 108 Å². The Kier molecular flexibility index (Phi) is 5.82. The minimum atomic E-state index is 0.745. The van der Waals surface area contributed by atoms with Crippen LogP contribution in [0.15, 0.2) is 91.0 Å². The van der Waals surface area contributed by atoms with Gasteiger partial charge in [0.25, 0.3) is 0 Å². The van der Waals surface area contributed by atoms with Gasteiger partial charge < -0.3 is 9.64 Å². The van der Waals surface area contributed by atoms with Crippen LogP contribution in [0.5, 0.6) is 0 Å². The van der Waals surface area contributed by atoms with Crippen LogP contribution in [0.3, 0.4) is 0 Å². The molecule has 0 aliphatic heterocycles. The molecule has 0 aliphatic rings. The molecule has 0 saturated carbocycles. The van der Waals surface area contributed by atoms with Crippen LogP contribution in [0, 0.1) is 0 Å². The van der Waals surface area contributed by atoms with Gasteiger partial charge in [-0.1, -0.05) is 103 Å². The summed E-state index contributed by atoms with van der Waals surface area (Å²) in [5.74, 6) is 0.789. The summed E-state index contributed by atoms with van der Waals surface area (Å²) in [5, 5.41) is 0. The van der Waals surface area contributed by atoms with E-state index in [1.54, 1.807) is 7.11 Å². The van der Waals surface area contributed by atoms with Crippen molar-refractivity contribution < 1.29 is 4.74 Å². The SMILES string of the molecule is CO/C(=C(\c1ccccc1)N(C)C(=S)c1ccccc1)c1ccccc1. The molecule has 0 spiro atoms. The lowest BCUT2D eigenvalue weighted by molar-refractivity contribution is 0.367. The number of methoxy groups -OCH3 is 1. The molecule has 3 heteroatoms. The quantitative estimate of drug-likeness (QED) is 0.341. The zero-order valence-electron chi connectivity index (χ0n) is 14.9. The van der Waals surface area contributed by atoms with Crippen molar-refractivity contribution in [3.8, 4) is 0 Å². The van der Waals surface area contributed by atoms with Crippen LogP contribution in [0.2, 0.25) is 0 Å². The lowest BCUT2D eigenvalue weighted by Gasteiger charge is -2.26. The second-order valence-corrected chi connectivity index (χ2v) is 6.23. The summed E-state index contributed by atoms with van der Waals surface area (Å²) in [5.41, 5.74) is 4.00. The first kappa shape index (κ1) is 17.9. The summed E-state index contributed by atoms with van der Waals surface area (Å²) >= 11 is 5.77. The highest BCUT2D eigenvalue weighted by atomic mass is 32.1. The number of rotatable bonds is 5. The van der Waals surface area contributed by atoms with E-state index in [2.05, 4.69) is 12.1 Å². The summed E-state index contributed by atoms with van der Waals surface area (Å²) in [6.45, 7) is 0. The molecule has 0 aliphatic carbocycles. The third kappa shape index (κ3) is 3.84. The molecule has 130 valence electrons. The summed E-state index contributed by atoms with van der Waals surface area (Å²) in [4.78, 5) is 2.76. The molecule has 0 radical (unpaired) electrons. The van der Waals surface area contributed by atoms with Gasteiger partial charge in [0.1, 0.15) is 10.7 Å². The van der Waals surface area contributed by atoms with Crippen molar-refractivity contribution in [1.82, 2.24) is 4.90 Å². The van der Waals surface area contributed by atoms with E-state index < -0.39 is 0 Å². The molecule has 3 aromatic carbocycles. The van der Waals surface area contributed by atoms with Gasteiger partial charge >= 0.3 is 0 Å². The molecule has 0 amide bonds. The Morgan fingerprint density at radius 2 is 1.12 bits per heavy atom. The van der Waals surface area contributed by atoms with Gasteiger partial charge in [0, 0.05) is 23.7 Å². The number of thiocarbonyl (C=S) groups is 1. The summed E-state index contributed by atoms with van der Waals surface area (Å²) in [7, 11) is 3.68. The second-order valence-electron chi connectivity index (χ2n) is 5.84. The average molecular weight is 359 g/mol. The van der Waals surface area contributed by atoms with Crippen LogP contribution >= 0.6 is 12.2 Å². The van der Waals surface area contributed by atoms with Crippen molar-refractivity contribution in [2.75, 3.05) is 14.2 Å². The zero-order valence-corrected chi connectivity index (χ0v) is 15.7. The van der Waals surface area contributed by atoms with E-state index >= 15 is 0 Å². The van der Waals surface area contributed by atoms with Gasteiger partial charge in [0.15, 0.2) is 0 Å². The smallest absolute Gasteiger partial charge is 0.150 e. The fraction of sp³-hybridized carbons (Fsp3) is 0.0870. The third-order valence-corrected chi connectivity index (χ3v) is 4.67. The highest BCUT2D eigenvalue weighted by Crippen LogP contribution is 2.30. The predicted molar refractivity (Wildman–Crippen MR) is 113 cm³/mol. The maximum Gasteiger partial charge on any atom is 0.150 e. The van der Waals surface area contributed by atoms with Crippen LogP contribution in [0.4, 0.5) is 0 Å². The molecular formula is C23H21NOS. The van der Waals surface area contributed by atoms with E-state index in [9.17, 15) is 0 Å². The second kappa shape index (κ2) is 8.45.